The fraction of sp³-hybridized carbons (Fsp3) is 0.353. The molecule has 0 saturated heterocycles. The summed E-state index contributed by atoms with van der Waals surface area (Å²) in [4.78, 5) is 4.08. The van der Waals surface area contributed by atoms with Crippen LogP contribution in [0.25, 0.3) is 0 Å². The van der Waals surface area contributed by atoms with Crippen LogP contribution >= 0.6 is 0 Å². The highest BCUT2D eigenvalue weighted by Crippen LogP contribution is 2.19. The lowest BCUT2D eigenvalue weighted by Crippen LogP contribution is -2.34. The number of benzene rings is 1. The van der Waals surface area contributed by atoms with Gasteiger partial charge in [0.25, 0.3) is 0 Å². The highest BCUT2D eigenvalue weighted by molar-refractivity contribution is 5.33. The van der Waals surface area contributed by atoms with Crippen LogP contribution in [-0.4, -0.2) is 22.2 Å². The summed E-state index contributed by atoms with van der Waals surface area (Å²) in [5.74, 6) is 0.851. The van der Waals surface area contributed by atoms with Crippen LogP contribution in [0.4, 0.5) is 0 Å². The average molecular weight is 286 g/mol. The third-order valence-corrected chi connectivity index (χ3v) is 2.96. The lowest BCUT2D eigenvalue weighted by Gasteiger charge is -2.18. The van der Waals surface area contributed by atoms with Crippen molar-refractivity contribution in [3.05, 3.63) is 59.9 Å². The van der Waals surface area contributed by atoms with Crippen molar-refractivity contribution >= 4 is 0 Å². The van der Waals surface area contributed by atoms with Gasteiger partial charge < -0.3 is 15.2 Å². The number of pyridine rings is 1. The molecule has 1 aromatic heterocycles. The molecule has 0 fully saturated rings. The van der Waals surface area contributed by atoms with Gasteiger partial charge in [0.15, 0.2) is 0 Å². The molecular formula is C17H22N2O2. The Kier molecular flexibility index (Phi) is 5.31. The maximum Gasteiger partial charge on any atom is 0.124 e. The van der Waals surface area contributed by atoms with Gasteiger partial charge in [-0.15, -0.1) is 0 Å². The Labute approximate surface area is 125 Å². The first kappa shape index (κ1) is 15.5. The smallest absolute Gasteiger partial charge is 0.124 e. The van der Waals surface area contributed by atoms with Gasteiger partial charge in [-0.1, -0.05) is 24.3 Å². The SMILES string of the molecule is CC(C)(O)CNCc1ccccc1OCc1cccnc1. The molecule has 0 radical (unpaired) electrons. The molecule has 0 aliphatic heterocycles. The van der Waals surface area contributed by atoms with E-state index >= 15 is 0 Å². The van der Waals surface area contributed by atoms with Crippen LogP contribution in [0, 0.1) is 0 Å². The van der Waals surface area contributed by atoms with Crippen molar-refractivity contribution < 1.29 is 9.84 Å². The fourth-order valence-electron chi connectivity index (χ4n) is 1.94. The molecule has 2 N–H and O–H groups in total. The Balaban J connectivity index is 1.93. The van der Waals surface area contributed by atoms with Gasteiger partial charge in [0.05, 0.1) is 5.60 Å². The standard InChI is InChI=1S/C17H22N2O2/c1-17(2,20)13-19-11-15-7-3-4-8-16(15)21-12-14-6-5-9-18-10-14/h3-10,19-20H,11-13H2,1-2H3. The highest BCUT2D eigenvalue weighted by atomic mass is 16.5. The lowest BCUT2D eigenvalue weighted by atomic mass is 10.1. The first-order chi connectivity index (χ1) is 10.0. The Morgan fingerprint density at radius 2 is 2.00 bits per heavy atom. The monoisotopic (exact) mass is 286 g/mol. The van der Waals surface area contributed by atoms with Gasteiger partial charge >= 0.3 is 0 Å². The van der Waals surface area contributed by atoms with Gasteiger partial charge in [-0.3, -0.25) is 4.98 Å². The summed E-state index contributed by atoms with van der Waals surface area (Å²) in [6.45, 7) is 5.25. The van der Waals surface area contributed by atoms with Gasteiger partial charge in [-0.25, -0.2) is 0 Å². The number of hydrogen-bond acceptors (Lipinski definition) is 4. The zero-order chi connectivity index (χ0) is 15.1. The third-order valence-electron chi connectivity index (χ3n) is 2.96. The van der Waals surface area contributed by atoms with Crippen molar-refractivity contribution in [3.8, 4) is 5.75 Å². The molecule has 2 aromatic rings. The summed E-state index contributed by atoms with van der Waals surface area (Å²) in [5, 5.41) is 13.0. The van der Waals surface area contributed by atoms with Crippen molar-refractivity contribution in [2.45, 2.75) is 32.6 Å². The number of rotatable bonds is 7. The Morgan fingerprint density at radius 3 is 2.71 bits per heavy atom. The molecule has 2 rings (SSSR count). The summed E-state index contributed by atoms with van der Waals surface area (Å²) in [6.07, 6.45) is 3.55. The van der Waals surface area contributed by atoms with Gasteiger partial charge in [0, 0.05) is 36.6 Å². The molecule has 4 nitrogen and oxygen atoms in total. The zero-order valence-electron chi connectivity index (χ0n) is 12.5. The van der Waals surface area contributed by atoms with Crippen molar-refractivity contribution in [1.29, 1.82) is 0 Å². The molecular weight excluding hydrogens is 264 g/mol. The first-order valence-corrected chi connectivity index (χ1v) is 7.07. The molecule has 0 amide bonds. The van der Waals surface area contributed by atoms with E-state index in [1.165, 1.54) is 0 Å². The summed E-state index contributed by atoms with van der Waals surface area (Å²) >= 11 is 0. The van der Waals surface area contributed by atoms with E-state index < -0.39 is 5.60 Å². The molecule has 1 aromatic carbocycles. The summed E-state index contributed by atoms with van der Waals surface area (Å²) in [7, 11) is 0. The average Bonchev–Trinajstić information content (AvgIpc) is 2.46. The van der Waals surface area contributed by atoms with E-state index in [1.54, 1.807) is 26.2 Å². The quantitative estimate of drug-likeness (QED) is 0.821. The van der Waals surface area contributed by atoms with E-state index in [4.69, 9.17) is 4.74 Å². The predicted octanol–water partition coefficient (Wildman–Crippen LogP) is 2.52. The maximum atomic E-state index is 9.72. The molecule has 0 unspecified atom stereocenters. The van der Waals surface area contributed by atoms with Crippen LogP contribution in [0.15, 0.2) is 48.8 Å². The second kappa shape index (κ2) is 7.20. The van der Waals surface area contributed by atoms with Crippen LogP contribution in [0.2, 0.25) is 0 Å². The molecule has 21 heavy (non-hydrogen) atoms. The van der Waals surface area contributed by atoms with Gasteiger partial charge in [0.1, 0.15) is 12.4 Å². The Hall–Kier alpha value is -1.91. The van der Waals surface area contributed by atoms with E-state index in [0.29, 0.717) is 19.7 Å². The number of hydrogen-bond donors (Lipinski definition) is 2. The second-order valence-electron chi connectivity index (χ2n) is 5.67. The number of nitrogens with one attached hydrogen (secondary N) is 1. The van der Waals surface area contributed by atoms with Crippen molar-refractivity contribution in [1.82, 2.24) is 10.3 Å². The minimum Gasteiger partial charge on any atom is -0.489 e. The van der Waals surface area contributed by atoms with Crippen LogP contribution < -0.4 is 10.1 Å². The van der Waals surface area contributed by atoms with Crippen LogP contribution in [0.5, 0.6) is 5.75 Å². The molecule has 0 atom stereocenters. The Morgan fingerprint density at radius 1 is 1.19 bits per heavy atom. The maximum absolute atomic E-state index is 9.72. The number of para-hydroxylation sites is 1. The first-order valence-electron chi connectivity index (χ1n) is 7.07. The van der Waals surface area contributed by atoms with Gasteiger partial charge in [0.2, 0.25) is 0 Å². The topological polar surface area (TPSA) is 54.4 Å². The molecule has 112 valence electrons. The summed E-state index contributed by atoms with van der Waals surface area (Å²) in [6, 6.07) is 11.8. The fourth-order valence-corrected chi connectivity index (χ4v) is 1.94. The molecule has 0 spiro atoms. The van der Waals surface area contributed by atoms with Crippen molar-refractivity contribution in [3.63, 3.8) is 0 Å². The van der Waals surface area contributed by atoms with Crippen LogP contribution in [0.3, 0.4) is 0 Å². The predicted molar refractivity (Wildman–Crippen MR) is 83.0 cm³/mol. The molecule has 0 bridgehead atoms. The second-order valence-corrected chi connectivity index (χ2v) is 5.67. The molecule has 1 heterocycles. The minimum atomic E-state index is -0.717. The van der Waals surface area contributed by atoms with Crippen LogP contribution in [-0.2, 0) is 13.2 Å². The summed E-state index contributed by atoms with van der Waals surface area (Å²) < 4.78 is 5.86. The normalized spacial score (nSPS) is 11.4. The Bertz CT molecular complexity index is 550. The van der Waals surface area contributed by atoms with Crippen molar-refractivity contribution in [2.75, 3.05) is 6.54 Å². The summed E-state index contributed by atoms with van der Waals surface area (Å²) in [5.41, 5.74) is 1.40. The highest BCUT2D eigenvalue weighted by Gasteiger charge is 2.12. The van der Waals surface area contributed by atoms with Gasteiger partial charge in [-0.05, 0) is 26.0 Å². The number of nitrogens with zero attached hydrogens (tertiary/aromatic N) is 1. The largest absolute Gasteiger partial charge is 0.489 e. The molecule has 0 aliphatic rings. The van der Waals surface area contributed by atoms with E-state index in [1.807, 2.05) is 36.4 Å². The molecule has 0 aliphatic carbocycles. The van der Waals surface area contributed by atoms with E-state index in [-0.39, 0.29) is 0 Å². The van der Waals surface area contributed by atoms with E-state index in [9.17, 15) is 5.11 Å². The number of ether oxygens (including phenoxy) is 1. The van der Waals surface area contributed by atoms with Gasteiger partial charge in [-0.2, -0.15) is 0 Å². The minimum absolute atomic E-state index is 0.496. The molecule has 4 heteroatoms. The van der Waals surface area contributed by atoms with Crippen molar-refractivity contribution in [2.24, 2.45) is 0 Å². The third kappa shape index (κ3) is 5.53. The number of aliphatic hydroxyl groups is 1. The number of aromatic nitrogens is 1. The van der Waals surface area contributed by atoms with Crippen LogP contribution in [0.1, 0.15) is 25.0 Å². The molecule has 0 saturated carbocycles. The van der Waals surface area contributed by atoms with E-state index in [2.05, 4.69) is 10.3 Å². The zero-order valence-corrected chi connectivity index (χ0v) is 12.5. The van der Waals surface area contributed by atoms with E-state index in [0.717, 1.165) is 16.9 Å². The lowest BCUT2D eigenvalue weighted by molar-refractivity contribution is 0.0794.